The predicted molar refractivity (Wildman–Crippen MR) is 110 cm³/mol. The van der Waals surface area contributed by atoms with Gasteiger partial charge in [-0.2, -0.15) is 0 Å². The Kier molecular flexibility index (Phi) is 6.73. The molecule has 3 rings (SSSR count). The van der Waals surface area contributed by atoms with Crippen molar-refractivity contribution in [3.63, 3.8) is 0 Å². The van der Waals surface area contributed by atoms with Crippen LogP contribution in [0.3, 0.4) is 0 Å². The van der Waals surface area contributed by atoms with Gasteiger partial charge in [0.15, 0.2) is 5.37 Å². The lowest BCUT2D eigenvalue weighted by Gasteiger charge is -2.22. The average Bonchev–Trinajstić information content (AvgIpc) is 3.03. The molecule has 152 valence electrons. The van der Waals surface area contributed by atoms with Crippen molar-refractivity contribution in [2.75, 3.05) is 18.4 Å². The second-order valence-corrected chi connectivity index (χ2v) is 7.60. The molecule has 8 nitrogen and oxygen atoms in total. The smallest absolute Gasteiger partial charge is 0.407 e. The number of carbonyl (C=O) groups is 3. The fraction of sp³-hybridized carbons (Fsp3) is 0.250. The van der Waals surface area contributed by atoms with E-state index in [-0.39, 0.29) is 24.2 Å². The van der Waals surface area contributed by atoms with Crippen molar-refractivity contribution in [3.8, 4) is 0 Å². The number of anilines is 1. The van der Waals surface area contributed by atoms with E-state index in [2.05, 4.69) is 10.6 Å². The number of rotatable bonds is 8. The van der Waals surface area contributed by atoms with Crippen molar-refractivity contribution in [2.45, 2.75) is 17.9 Å². The summed E-state index contributed by atoms with van der Waals surface area (Å²) in [6, 6.07) is 16.1. The third-order valence-electron chi connectivity index (χ3n) is 4.46. The second-order valence-electron chi connectivity index (χ2n) is 6.52. The molecule has 2 aromatic carbocycles. The summed E-state index contributed by atoms with van der Waals surface area (Å²) in [7, 11) is 0. The van der Waals surface area contributed by atoms with Gasteiger partial charge in [-0.1, -0.05) is 42.5 Å². The van der Waals surface area contributed by atoms with Crippen LogP contribution in [0.2, 0.25) is 0 Å². The summed E-state index contributed by atoms with van der Waals surface area (Å²) in [5, 5.41) is 23.9. The Hall–Kier alpha value is -3.04. The molecule has 0 spiro atoms. The Labute approximate surface area is 171 Å². The van der Waals surface area contributed by atoms with E-state index in [9.17, 15) is 24.6 Å². The van der Waals surface area contributed by atoms with E-state index >= 15 is 0 Å². The number of nitrogens with zero attached hydrogens (tertiary/aromatic N) is 1. The summed E-state index contributed by atoms with van der Waals surface area (Å²) in [6.07, 6.45) is -1.51. The Morgan fingerprint density at radius 3 is 2.41 bits per heavy atom. The summed E-state index contributed by atoms with van der Waals surface area (Å²) in [5.41, 5.74) is 2.27. The predicted octanol–water partition coefficient (Wildman–Crippen LogP) is 2.66. The molecule has 1 unspecified atom stereocenters. The monoisotopic (exact) mass is 415 g/mol. The SMILES string of the molecule is O=C1NC(=O)C(Nc2ccc(CCN(C[C@@H](O)c3ccccc3)C(=O)O)cc2)S1. The maximum Gasteiger partial charge on any atom is 0.407 e. The van der Waals surface area contributed by atoms with Crippen LogP contribution in [-0.4, -0.2) is 50.8 Å². The van der Waals surface area contributed by atoms with Gasteiger partial charge < -0.3 is 20.4 Å². The topological polar surface area (TPSA) is 119 Å². The number of aliphatic hydroxyl groups is 1. The van der Waals surface area contributed by atoms with E-state index in [1.165, 1.54) is 4.90 Å². The first kappa shape index (κ1) is 20.7. The van der Waals surface area contributed by atoms with E-state index < -0.39 is 17.6 Å². The molecule has 0 bridgehead atoms. The number of carboxylic acid groups (broad SMARTS) is 1. The third-order valence-corrected chi connectivity index (χ3v) is 5.34. The molecule has 1 aliphatic rings. The zero-order valence-corrected chi connectivity index (χ0v) is 16.3. The van der Waals surface area contributed by atoms with Crippen LogP contribution < -0.4 is 10.6 Å². The number of amides is 3. The maximum absolute atomic E-state index is 11.6. The number of imide groups is 1. The number of hydrogen-bond acceptors (Lipinski definition) is 6. The number of hydrogen-bond donors (Lipinski definition) is 4. The summed E-state index contributed by atoms with van der Waals surface area (Å²) in [6.45, 7) is 0.225. The average molecular weight is 415 g/mol. The minimum absolute atomic E-state index is 0.0129. The minimum Gasteiger partial charge on any atom is -0.465 e. The summed E-state index contributed by atoms with van der Waals surface area (Å²) < 4.78 is 0. The van der Waals surface area contributed by atoms with Gasteiger partial charge in [-0.05, 0) is 41.4 Å². The van der Waals surface area contributed by atoms with Gasteiger partial charge in [0.1, 0.15) is 0 Å². The van der Waals surface area contributed by atoms with E-state index in [4.69, 9.17) is 0 Å². The zero-order chi connectivity index (χ0) is 20.8. The van der Waals surface area contributed by atoms with Gasteiger partial charge >= 0.3 is 6.09 Å². The second kappa shape index (κ2) is 9.44. The third kappa shape index (κ3) is 5.72. The number of aliphatic hydroxyl groups excluding tert-OH is 1. The van der Waals surface area contributed by atoms with Crippen molar-refractivity contribution >= 4 is 34.7 Å². The van der Waals surface area contributed by atoms with E-state index in [1.807, 2.05) is 18.2 Å². The molecule has 4 N–H and O–H groups in total. The van der Waals surface area contributed by atoms with Gasteiger partial charge in [0.25, 0.3) is 11.1 Å². The summed E-state index contributed by atoms with van der Waals surface area (Å²) >= 11 is 0.888. The number of benzene rings is 2. The Bertz CT molecular complexity index is 875. The van der Waals surface area contributed by atoms with Crippen molar-refractivity contribution < 1.29 is 24.6 Å². The molecule has 0 aromatic heterocycles. The number of carbonyl (C=O) groups excluding carboxylic acids is 2. The molecule has 1 aliphatic heterocycles. The van der Waals surface area contributed by atoms with Gasteiger partial charge in [0, 0.05) is 12.2 Å². The van der Waals surface area contributed by atoms with Gasteiger partial charge in [0.05, 0.1) is 12.6 Å². The first-order valence-corrected chi connectivity index (χ1v) is 9.88. The van der Waals surface area contributed by atoms with Crippen LogP contribution in [0.5, 0.6) is 0 Å². The molecule has 0 aliphatic carbocycles. The zero-order valence-electron chi connectivity index (χ0n) is 15.4. The molecule has 29 heavy (non-hydrogen) atoms. The van der Waals surface area contributed by atoms with Gasteiger partial charge in [-0.3, -0.25) is 14.9 Å². The molecule has 9 heteroatoms. The van der Waals surface area contributed by atoms with E-state index in [1.54, 1.807) is 36.4 Å². The molecule has 0 saturated carbocycles. The lowest BCUT2D eigenvalue weighted by atomic mass is 10.1. The van der Waals surface area contributed by atoms with Crippen molar-refractivity contribution in [1.82, 2.24) is 10.2 Å². The molecule has 2 atom stereocenters. The summed E-state index contributed by atoms with van der Waals surface area (Å²) in [4.78, 5) is 35.5. The van der Waals surface area contributed by atoms with Crippen LogP contribution in [0.25, 0.3) is 0 Å². The van der Waals surface area contributed by atoms with Crippen LogP contribution in [0.1, 0.15) is 17.2 Å². The molecule has 3 amide bonds. The lowest BCUT2D eigenvalue weighted by Crippen LogP contribution is -2.35. The van der Waals surface area contributed by atoms with Crippen molar-refractivity contribution in [1.29, 1.82) is 0 Å². The van der Waals surface area contributed by atoms with E-state index in [0.717, 1.165) is 17.3 Å². The molecule has 1 heterocycles. The number of nitrogens with one attached hydrogen (secondary N) is 2. The molecular weight excluding hydrogens is 394 g/mol. The highest BCUT2D eigenvalue weighted by Gasteiger charge is 2.31. The van der Waals surface area contributed by atoms with Crippen molar-refractivity contribution in [2.24, 2.45) is 0 Å². The standard InChI is InChI=1S/C20H21N3O5S/c24-16(14-4-2-1-3-5-14)12-23(20(27)28)11-10-13-6-8-15(9-7-13)21-18-17(25)22-19(26)29-18/h1-9,16,18,21,24H,10-12H2,(H,27,28)(H,22,25,26)/t16-,18?/m1/s1. The minimum atomic E-state index is -1.09. The van der Waals surface area contributed by atoms with Crippen LogP contribution in [0.4, 0.5) is 15.3 Å². The first-order valence-electron chi connectivity index (χ1n) is 9.00. The van der Waals surface area contributed by atoms with Gasteiger partial charge in [-0.25, -0.2) is 4.79 Å². The molecular formula is C20H21N3O5S. The Morgan fingerprint density at radius 1 is 1.14 bits per heavy atom. The molecule has 1 saturated heterocycles. The lowest BCUT2D eigenvalue weighted by molar-refractivity contribution is -0.118. The molecule has 2 aromatic rings. The number of thioether (sulfide) groups is 1. The van der Waals surface area contributed by atoms with Gasteiger partial charge in [-0.15, -0.1) is 0 Å². The highest BCUT2D eigenvalue weighted by atomic mass is 32.2. The highest BCUT2D eigenvalue weighted by molar-refractivity contribution is 8.15. The quantitative estimate of drug-likeness (QED) is 0.523. The molecule has 1 fully saturated rings. The van der Waals surface area contributed by atoms with Crippen LogP contribution in [0.15, 0.2) is 54.6 Å². The Morgan fingerprint density at radius 2 is 1.83 bits per heavy atom. The normalized spacial score (nSPS) is 16.9. The van der Waals surface area contributed by atoms with Crippen molar-refractivity contribution in [3.05, 3.63) is 65.7 Å². The van der Waals surface area contributed by atoms with E-state index in [0.29, 0.717) is 17.7 Å². The van der Waals surface area contributed by atoms with Crippen LogP contribution in [0, 0.1) is 0 Å². The van der Waals surface area contributed by atoms with Gasteiger partial charge in [0.2, 0.25) is 0 Å². The first-order chi connectivity index (χ1) is 13.9. The van der Waals surface area contributed by atoms with Crippen LogP contribution >= 0.6 is 11.8 Å². The highest BCUT2D eigenvalue weighted by Crippen LogP contribution is 2.22. The fourth-order valence-electron chi connectivity index (χ4n) is 2.89. The molecule has 0 radical (unpaired) electrons. The Balaban J connectivity index is 1.54. The maximum atomic E-state index is 11.6. The fourth-order valence-corrected chi connectivity index (χ4v) is 3.62. The summed E-state index contributed by atoms with van der Waals surface area (Å²) in [5.74, 6) is -0.377. The van der Waals surface area contributed by atoms with Crippen LogP contribution in [-0.2, 0) is 11.2 Å². The largest absolute Gasteiger partial charge is 0.465 e.